The second-order valence-corrected chi connectivity index (χ2v) is 7.18. The molecule has 1 saturated carbocycles. The predicted octanol–water partition coefficient (Wildman–Crippen LogP) is 3.44. The van der Waals surface area contributed by atoms with Gasteiger partial charge in [0.1, 0.15) is 0 Å². The van der Waals surface area contributed by atoms with Gasteiger partial charge in [-0.25, -0.2) is 0 Å². The normalized spacial score (nSPS) is 25.8. The molecule has 2 aliphatic heterocycles. The van der Waals surface area contributed by atoms with E-state index in [1.165, 1.54) is 44.1 Å². The minimum absolute atomic E-state index is 0.321. The Kier molecular flexibility index (Phi) is 4.29. The molecule has 1 saturated heterocycles. The van der Waals surface area contributed by atoms with E-state index in [9.17, 15) is 0 Å². The van der Waals surface area contributed by atoms with Crippen LogP contribution in [0.15, 0.2) is 18.2 Å². The van der Waals surface area contributed by atoms with Crippen molar-refractivity contribution in [1.29, 1.82) is 0 Å². The van der Waals surface area contributed by atoms with Crippen molar-refractivity contribution in [2.45, 2.75) is 51.1 Å². The monoisotopic (exact) mass is 332 g/mol. The summed E-state index contributed by atoms with van der Waals surface area (Å²) in [6.45, 7) is 2.17. The molecule has 1 aliphatic carbocycles. The smallest absolute Gasteiger partial charge is 0.231 e. The molecule has 0 bridgehead atoms. The van der Waals surface area contributed by atoms with Crippen molar-refractivity contribution in [1.82, 2.24) is 10.2 Å². The molecule has 23 heavy (non-hydrogen) atoms. The van der Waals surface area contributed by atoms with E-state index in [4.69, 9.17) is 21.7 Å². The molecule has 124 valence electrons. The summed E-state index contributed by atoms with van der Waals surface area (Å²) in [5.41, 5.74) is 1.17. The zero-order chi connectivity index (χ0) is 15.6. The first kappa shape index (κ1) is 15.1. The fourth-order valence-electron chi connectivity index (χ4n) is 4.21. The van der Waals surface area contributed by atoms with Gasteiger partial charge in [0.2, 0.25) is 6.79 Å². The zero-order valence-electron chi connectivity index (χ0n) is 13.4. The fourth-order valence-corrected chi connectivity index (χ4v) is 4.51. The first-order valence-corrected chi connectivity index (χ1v) is 9.15. The van der Waals surface area contributed by atoms with Crippen LogP contribution < -0.4 is 14.8 Å². The van der Waals surface area contributed by atoms with Crippen molar-refractivity contribution in [2.24, 2.45) is 5.92 Å². The van der Waals surface area contributed by atoms with Gasteiger partial charge < -0.3 is 19.7 Å². The highest BCUT2D eigenvalue weighted by Gasteiger charge is 2.34. The number of nitrogens with one attached hydrogen (secondary N) is 1. The Morgan fingerprint density at radius 3 is 2.91 bits per heavy atom. The molecule has 2 heterocycles. The van der Waals surface area contributed by atoms with Gasteiger partial charge in [0.25, 0.3) is 0 Å². The van der Waals surface area contributed by atoms with Crippen molar-refractivity contribution >= 4 is 17.3 Å². The molecule has 0 unspecified atom stereocenters. The maximum Gasteiger partial charge on any atom is 0.231 e. The summed E-state index contributed by atoms with van der Waals surface area (Å²) in [5, 5.41) is 4.37. The topological polar surface area (TPSA) is 33.7 Å². The minimum atomic E-state index is 0.321. The first-order valence-electron chi connectivity index (χ1n) is 8.74. The van der Waals surface area contributed by atoms with Crippen LogP contribution in [0, 0.1) is 5.92 Å². The predicted molar refractivity (Wildman–Crippen MR) is 93.7 cm³/mol. The van der Waals surface area contributed by atoms with Gasteiger partial charge >= 0.3 is 0 Å². The third-order valence-electron chi connectivity index (χ3n) is 5.38. The van der Waals surface area contributed by atoms with Crippen LogP contribution in [-0.2, 0) is 6.54 Å². The van der Waals surface area contributed by atoms with Gasteiger partial charge in [-0.3, -0.25) is 0 Å². The largest absolute Gasteiger partial charge is 0.454 e. The van der Waals surface area contributed by atoms with Gasteiger partial charge in [-0.15, -0.1) is 0 Å². The van der Waals surface area contributed by atoms with E-state index in [1.54, 1.807) is 0 Å². The van der Waals surface area contributed by atoms with Crippen LogP contribution in [0.3, 0.4) is 0 Å². The van der Waals surface area contributed by atoms with Crippen molar-refractivity contribution in [3.63, 3.8) is 0 Å². The van der Waals surface area contributed by atoms with Crippen LogP contribution in [-0.4, -0.2) is 29.4 Å². The average molecular weight is 332 g/mol. The lowest BCUT2D eigenvalue weighted by atomic mass is 9.78. The molecule has 0 amide bonds. The van der Waals surface area contributed by atoms with E-state index < -0.39 is 0 Å². The molecule has 2 fully saturated rings. The Labute approximate surface area is 143 Å². The summed E-state index contributed by atoms with van der Waals surface area (Å²) in [4.78, 5) is 2.45. The van der Waals surface area contributed by atoms with Crippen LogP contribution in [0.1, 0.15) is 44.1 Å². The Morgan fingerprint density at radius 2 is 1.96 bits per heavy atom. The maximum absolute atomic E-state index is 5.70. The molecule has 1 aromatic carbocycles. The van der Waals surface area contributed by atoms with Gasteiger partial charge in [-0.05, 0) is 61.5 Å². The summed E-state index contributed by atoms with van der Waals surface area (Å²) in [6.07, 6.45) is 8.08. The lowest BCUT2D eigenvalue weighted by molar-refractivity contribution is 0.118. The van der Waals surface area contributed by atoms with Gasteiger partial charge in [-0.1, -0.05) is 18.9 Å². The summed E-state index contributed by atoms with van der Waals surface area (Å²) >= 11 is 5.70. The molecule has 0 spiro atoms. The number of fused-ring (bicyclic) bond motifs is 2. The Hall–Kier alpha value is -1.49. The van der Waals surface area contributed by atoms with E-state index in [0.29, 0.717) is 12.8 Å². The molecular formula is C18H24N2O2S. The number of likely N-dealkylation sites (tertiary alicyclic amines) is 1. The van der Waals surface area contributed by atoms with Crippen LogP contribution in [0.4, 0.5) is 0 Å². The number of nitrogens with zero attached hydrogens (tertiary/aromatic N) is 1. The Balaban J connectivity index is 1.37. The van der Waals surface area contributed by atoms with E-state index in [1.807, 2.05) is 12.1 Å². The van der Waals surface area contributed by atoms with Gasteiger partial charge in [-0.2, -0.15) is 0 Å². The molecule has 3 aliphatic rings. The minimum Gasteiger partial charge on any atom is -0.454 e. The molecular weight excluding hydrogens is 308 g/mol. The number of hydrogen-bond donors (Lipinski definition) is 1. The number of piperidine rings is 1. The number of rotatable bonds is 2. The second kappa shape index (κ2) is 6.56. The van der Waals surface area contributed by atoms with Crippen LogP contribution in [0.25, 0.3) is 0 Å². The number of ether oxygens (including phenoxy) is 2. The summed E-state index contributed by atoms with van der Waals surface area (Å²) in [7, 11) is 0. The fraction of sp³-hybridized carbons (Fsp3) is 0.611. The van der Waals surface area contributed by atoms with E-state index in [-0.39, 0.29) is 0 Å². The molecule has 0 radical (unpaired) electrons. The van der Waals surface area contributed by atoms with E-state index in [2.05, 4.69) is 16.3 Å². The van der Waals surface area contributed by atoms with Crippen molar-refractivity contribution in [3.05, 3.63) is 23.8 Å². The van der Waals surface area contributed by atoms with Crippen molar-refractivity contribution < 1.29 is 9.47 Å². The molecule has 1 N–H and O–H groups in total. The van der Waals surface area contributed by atoms with E-state index >= 15 is 0 Å². The first-order chi connectivity index (χ1) is 11.3. The molecule has 0 aromatic heterocycles. The van der Waals surface area contributed by atoms with Crippen LogP contribution in [0.2, 0.25) is 0 Å². The van der Waals surface area contributed by atoms with Crippen LogP contribution >= 0.6 is 12.2 Å². The summed E-state index contributed by atoms with van der Waals surface area (Å²) in [5.74, 6) is 2.51. The lowest BCUT2D eigenvalue weighted by Crippen LogP contribution is -2.52. The highest BCUT2D eigenvalue weighted by atomic mass is 32.1. The van der Waals surface area contributed by atoms with Gasteiger partial charge in [0, 0.05) is 19.1 Å². The molecule has 2 atom stereocenters. The van der Waals surface area contributed by atoms with Crippen LogP contribution in [0.5, 0.6) is 11.5 Å². The van der Waals surface area contributed by atoms with Gasteiger partial charge in [0.15, 0.2) is 16.6 Å². The van der Waals surface area contributed by atoms with Gasteiger partial charge in [0.05, 0.1) is 0 Å². The SMILES string of the molecule is S=C(NCc1ccc2c(c1)OCO2)N1CCC[C@@H]2CCCC[C@@H]21. The molecule has 4 rings (SSSR count). The third kappa shape index (κ3) is 3.11. The third-order valence-corrected chi connectivity index (χ3v) is 5.76. The second-order valence-electron chi connectivity index (χ2n) is 6.79. The standard InChI is InChI=1S/C18H24N2O2S/c23-18(20-9-3-5-14-4-1-2-6-15(14)20)19-11-13-7-8-16-17(10-13)22-12-21-16/h7-8,10,14-15H,1-6,9,11-12H2,(H,19,23)/t14-,15-/m0/s1. The zero-order valence-corrected chi connectivity index (χ0v) is 14.2. The summed E-state index contributed by atoms with van der Waals surface area (Å²) in [6, 6.07) is 6.75. The van der Waals surface area contributed by atoms with Crippen molar-refractivity contribution in [2.75, 3.05) is 13.3 Å². The Bertz CT molecular complexity index is 590. The lowest BCUT2D eigenvalue weighted by Gasteiger charge is -2.45. The maximum atomic E-state index is 5.70. The Morgan fingerprint density at radius 1 is 1.13 bits per heavy atom. The number of thiocarbonyl (C=S) groups is 1. The number of hydrogen-bond acceptors (Lipinski definition) is 3. The number of benzene rings is 1. The summed E-state index contributed by atoms with van der Waals surface area (Å²) < 4.78 is 10.8. The van der Waals surface area contributed by atoms with Crippen molar-refractivity contribution in [3.8, 4) is 11.5 Å². The highest BCUT2D eigenvalue weighted by molar-refractivity contribution is 7.80. The molecule has 4 nitrogen and oxygen atoms in total. The molecule has 5 heteroatoms. The average Bonchev–Trinajstić information content (AvgIpc) is 3.07. The quantitative estimate of drug-likeness (QED) is 0.839. The molecule has 1 aromatic rings. The van der Waals surface area contributed by atoms with E-state index in [0.717, 1.165) is 35.6 Å². The highest BCUT2D eigenvalue weighted by Crippen LogP contribution is 2.35.